The van der Waals surface area contributed by atoms with Crippen LogP contribution in [0.1, 0.15) is 25.7 Å². The molecule has 5 nitrogen and oxygen atoms in total. The number of aliphatic hydroxyl groups is 1. The lowest BCUT2D eigenvalue weighted by Gasteiger charge is -2.32. The summed E-state index contributed by atoms with van der Waals surface area (Å²) in [5.74, 6) is 1.10. The monoisotopic (exact) mass is 361 g/mol. The van der Waals surface area contributed by atoms with Crippen molar-refractivity contribution < 1.29 is 18.3 Å². The molecule has 1 aliphatic carbocycles. The number of benzene rings is 2. The number of rotatable bonds is 5. The van der Waals surface area contributed by atoms with Crippen LogP contribution in [0.4, 0.5) is 5.69 Å². The van der Waals surface area contributed by atoms with Gasteiger partial charge in [0.2, 0.25) is 10.0 Å². The number of hydrogen-bond acceptors (Lipinski definition) is 4. The average Bonchev–Trinajstić information content (AvgIpc) is 2.62. The van der Waals surface area contributed by atoms with Gasteiger partial charge >= 0.3 is 0 Å². The molecule has 0 spiro atoms. The van der Waals surface area contributed by atoms with Crippen molar-refractivity contribution in [3.05, 3.63) is 54.6 Å². The second kappa shape index (κ2) is 7.45. The third-order valence-electron chi connectivity index (χ3n) is 4.61. The quantitative estimate of drug-likeness (QED) is 0.884. The maximum atomic E-state index is 13.0. The van der Waals surface area contributed by atoms with Crippen molar-refractivity contribution in [1.82, 2.24) is 0 Å². The molecular formula is C19H23NO4S. The van der Waals surface area contributed by atoms with Gasteiger partial charge in [0.25, 0.3) is 0 Å². The van der Waals surface area contributed by atoms with Crippen LogP contribution in [0.5, 0.6) is 11.5 Å². The molecule has 2 atom stereocenters. The molecule has 3 rings (SSSR count). The van der Waals surface area contributed by atoms with Gasteiger partial charge in [-0.25, -0.2) is 8.42 Å². The first-order chi connectivity index (χ1) is 12.0. The Morgan fingerprint density at radius 2 is 1.64 bits per heavy atom. The fraction of sp³-hybridized carbons (Fsp3) is 0.368. The molecule has 0 radical (unpaired) electrons. The maximum absolute atomic E-state index is 13.0. The van der Waals surface area contributed by atoms with Gasteiger partial charge in [-0.1, -0.05) is 43.2 Å². The Balaban J connectivity index is 1.90. The number of aliphatic hydroxyl groups excluding tert-OH is 1. The van der Waals surface area contributed by atoms with Gasteiger partial charge in [0, 0.05) is 7.05 Å². The smallest absolute Gasteiger partial charge is 0.240 e. The van der Waals surface area contributed by atoms with E-state index in [0.29, 0.717) is 30.0 Å². The molecule has 2 unspecified atom stereocenters. The van der Waals surface area contributed by atoms with E-state index in [2.05, 4.69) is 0 Å². The Labute approximate surface area is 148 Å². The minimum Gasteiger partial charge on any atom is -0.455 e. The van der Waals surface area contributed by atoms with E-state index in [0.717, 1.165) is 12.8 Å². The van der Waals surface area contributed by atoms with Crippen LogP contribution in [0.25, 0.3) is 0 Å². The number of nitrogens with zero attached hydrogens (tertiary/aromatic N) is 1. The summed E-state index contributed by atoms with van der Waals surface area (Å²) in [5.41, 5.74) is 0.462. The first-order valence-electron chi connectivity index (χ1n) is 8.48. The Morgan fingerprint density at radius 1 is 1.00 bits per heavy atom. The Morgan fingerprint density at radius 3 is 2.36 bits per heavy atom. The molecule has 25 heavy (non-hydrogen) atoms. The van der Waals surface area contributed by atoms with E-state index in [1.54, 1.807) is 24.3 Å². The number of sulfonamides is 1. The number of para-hydroxylation sites is 3. The van der Waals surface area contributed by atoms with E-state index in [4.69, 9.17) is 4.74 Å². The van der Waals surface area contributed by atoms with Gasteiger partial charge in [0.15, 0.2) is 5.75 Å². The Hall–Kier alpha value is -2.05. The van der Waals surface area contributed by atoms with Crippen LogP contribution in [0.3, 0.4) is 0 Å². The van der Waals surface area contributed by atoms with E-state index < -0.39 is 21.4 Å². The van der Waals surface area contributed by atoms with Crippen LogP contribution in [-0.2, 0) is 10.0 Å². The van der Waals surface area contributed by atoms with Gasteiger partial charge in [-0.15, -0.1) is 0 Å². The highest BCUT2D eigenvalue weighted by molar-refractivity contribution is 7.93. The lowest BCUT2D eigenvalue weighted by Crippen LogP contribution is -2.44. The first-order valence-corrected chi connectivity index (χ1v) is 9.98. The zero-order chi connectivity index (χ0) is 17.9. The molecule has 6 heteroatoms. The van der Waals surface area contributed by atoms with E-state index in [1.807, 2.05) is 30.3 Å². The third-order valence-corrected chi connectivity index (χ3v) is 6.88. The zero-order valence-corrected chi connectivity index (χ0v) is 15.0. The lowest BCUT2D eigenvalue weighted by atomic mass is 9.97. The minimum absolute atomic E-state index is 0.462. The lowest BCUT2D eigenvalue weighted by molar-refractivity contribution is 0.133. The number of anilines is 1. The second-order valence-corrected chi connectivity index (χ2v) is 8.47. The summed E-state index contributed by atoms with van der Waals surface area (Å²) in [4.78, 5) is 0. The minimum atomic E-state index is -3.68. The van der Waals surface area contributed by atoms with Crippen molar-refractivity contribution in [1.29, 1.82) is 0 Å². The molecule has 0 aromatic heterocycles. The fourth-order valence-corrected chi connectivity index (χ4v) is 5.01. The highest BCUT2D eigenvalue weighted by Crippen LogP contribution is 2.35. The molecule has 0 saturated heterocycles. The third kappa shape index (κ3) is 3.80. The van der Waals surface area contributed by atoms with Crippen molar-refractivity contribution in [3.63, 3.8) is 0 Å². The maximum Gasteiger partial charge on any atom is 0.240 e. The van der Waals surface area contributed by atoms with Crippen LogP contribution in [0.15, 0.2) is 54.6 Å². The molecule has 2 aromatic rings. The molecule has 134 valence electrons. The van der Waals surface area contributed by atoms with Crippen molar-refractivity contribution >= 4 is 15.7 Å². The summed E-state index contributed by atoms with van der Waals surface area (Å²) in [6, 6.07) is 16.3. The standard InChI is InChI=1S/C19H23NO4S/c1-20(25(22,23)19-14-8-6-12-17(19)21)16-11-5-7-13-18(16)24-15-9-3-2-4-10-15/h2-5,7,9-11,13,17,19,21H,6,8,12,14H2,1H3. The summed E-state index contributed by atoms with van der Waals surface area (Å²) in [5, 5.41) is 9.40. The zero-order valence-electron chi connectivity index (χ0n) is 14.2. The van der Waals surface area contributed by atoms with E-state index in [9.17, 15) is 13.5 Å². The average molecular weight is 361 g/mol. The number of hydrogen-bond donors (Lipinski definition) is 1. The molecule has 1 saturated carbocycles. The van der Waals surface area contributed by atoms with Crippen LogP contribution in [0.2, 0.25) is 0 Å². The van der Waals surface area contributed by atoms with Crippen molar-refractivity contribution in [2.24, 2.45) is 0 Å². The molecule has 0 aliphatic heterocycles. The summed E-state index contributed by atoms with van der Waals surface area (Å²) < 4.78 is 33.1. The highest BCUT2D eigenvalue weighted by atomic mass is 32.2. The van der Waals surface area contributed by atoms with Gasteiger partial charge in [-0.05, 0) is 37.1 Å². The normalized spacial score (nSPS) is 20.9. The summed E-state index contributed by atoms with van der Waals surface area (Å²) in [7, 11) is -2.16. The molecule has 1 fully saturated rings. The van der Waals surface area contributed by atoms with Gasteiger partial charge in [0.1, 0.15) is 11.0 Å². The second-order valence-electron chi connectivity index (χ2n) is 6.29. The van der Waals surface area contributed by atoms with Crippen LogP contribution in [-0.4, -0.2) is 31.9 Å². The van der Waals surface area contributed by atoms with Crippen molar-refractivity contribution in [2.45, 2.75) is 37.0 Å². The first kappa shape index (κ1) is 17.8. The molecule has 1 aliphatic rings. The van der Waals surface area contributed by atoms with Crippen molar-refractivity contribution in [3.8, 4) is 11.5 Å². The molecule has 1 N–H and O–H groups in total. The number of ether oxygens (including phenoxy) is 1. The van der Waals surface area contributed by atoms with Gasteiger partial charge in [-0.3, -0.25) is 4.31 Å². The van der Waals surface area contributed by atoms with E-state index >= 15 is 0 Å². The fourth-order valence-electron chi connectivity index (χ4n) is 3.18. The van der Waals surface area contributed by atoms with Crippen LogP contribution < -0.4 is 9.04 Å². The summed E-state index contributed by atoms with van der Waals surface area (Å²) >= 11 is 0. The topological polar surface area (TPSA) is 66.8 Å². The molecule has 0 bridgehead atoms. The highest BCUT2D eigenvalue weighted by Gasteiger charge is 2.38. The summed E-state index contributed by atoms with van der Waals surface area (Å²) in [6.45, 7) is 0. The summed E-state index contributed by atoms with van der Waals surface area (Å²) in [6.07, 6.45) is 1.88. The van der Waals surface area contributed by atoms with Gasteiger partial charge in [0.05, 0.1) is 11.8 Å². The van der Waals surface area contributed by atoms with Crippen LogP contribution in [0, 0.1) is 0 Å². The predicted molar refractivity (Wildman–Crippen MR) is 98.5 cm³/mol. The molecule has 2 aromatic carbocycles. The largest absolute Gasteiger partial charge is 0.455 e. The molecule has 0 heterocycles. The predicted octanol–water partition coefficient (Wildman–Crippen LogP) is 3.55. The Kier molecular flexibility index (Phi) is 5.30. The van der Waals surface area contributed by atoms with E-state index in [-0.39, 0.29) is 0 Å². The SMILES string of the molecule is CN(c1ccccc1Oc1ccccc1)S(=O)(=O)C1CCCCC1O. The van der Waals surface area contributed by atoms with Gasteiger partial charge in [-0.2, -0.15) is 0 Å². The molecular weight excluding hydrogens is 338 g/mol. The molecule has 0 amide bonds. The van der Waals surface area contributed by atoms with Crippen LogP contribution >= 0.6 is 0 Å². The van der Waals surface area contributed by atoms with Crippen molar-refractivity contribution in [2.75, 3.05) is 11.4 Å². The van der Waals surface area contributed by atoms with E-state index in [1.165, 1.54) is 11.4 Å². The van der Waals surface area contributed by atoms with Gasteiger partial charge < -0.3 is 9.84 Å². The Bertz CT molecular complexity index is 807.